The largest absolute Gasteiger partial charge is 0.356 e. The van der Waals surface area contributed by atoms with E-state index in [0.29, 0.717) is 44.0 Å². The molecule has 4 aliphatic rings. The van der Waals surface area contributed by atoms with Crippen molar-refractivity contribution in [2.24, 2.45) is 23.7 Å². The minimum atomic E-state index is -3.80. The Bertz CT molecular complexity index is 1540. The number of sulfonamides is 1. The molecule has 6 rings (SSSR count). The second-order valence-electron chi connectivity index (χ2n) is 13.4. The molecule has 2 amide bonds. The van der Waals surface area contributed by atoms with Gasteiger partial charge in [-0.2, -0.15) is 4.31 Å². The number of amides is 2. The van der Waals surface area contributed by atoms with Gasteiger partial charge >= 0.3 is 0 Å². The molecular weight excluding hydrogens is 636 g/mol. The van der Waals surface area contributed by atoms with E-state index in [1.807, 2.05) is 6.92 Å². The Hall–Kier alpha value is -2.83. The number of rotatable bonds is 9. The molecule has 2 aliphatic heterocycles. The van der Waals surface area contributed by atoms with Crippen LogP contribution in [0.25, 0.3) is 0 Å². The van der Waals surface area contributed by atoms with Crippen LogP contribution >= 0.6 is 11.6 Å². The predicted molar refractivity (Wildman–Crippen MR) is 172 cm³/mol. The fourth-order valence-electron chi connectivity index (χ4n) is 7.12. The summed E-state index contributed by atoms with van der Waals surface area (Å²) in [5, 5.41) is 2.97. The fraction of sp³-hybridized carbons (Fsp3) is 0.606. The minimum Gasteiger partial charge on any atom is -0.356 e. The van der Waals surface area contributed by atoms with Crippen LogP contribution in [0, 0.1) is 23.7 Å². The smallest absolute Gasteiger partial charge is 0.276 e. The Kier molecular flexibility index (Phi) is 9.60. The van der Waals surface area contributed by atoms with Gasteiger partial charge in [0.05, 0.1) is 4.90 Å². The van der Waals surface area contributed by atoms with Crippen molar-refractivity contribution in [1.82, 2.24) is 14.6 Å². The number of benzene rings is 1. The molecule has 9 nitrogen and oxygen atoms in total. The van der Waals surface area contributed by atoms with Crippen LogP contribution in [0.5, 0.6) is 0 Å². The molecule has 250 valence electrons. The quantitative estimate of drug-likeness (QED) is 0.355. The number of nitrogens with one attached hydrogen (secondary N) is 1. The number of hydrogen-bond acceptors (Lipinski definition) is 6. The van der Waals surface area contributed by atoms with Gasteiger partial charge in [0.25, 0.3) is 5.92 Å². The van der Waals surface area contributed by atoms with Crippen LogP contribution in [0.1, 0.15) is 63.9 Å². The Balaban J connectivity index is 1.06. The van der Waals surface area contributed by atoms with Crippen molar-refractivity contribution < 1.29 is 26.8 Å². The normalized spacial score (nSPS) is 25.0. The highest BCUT2D eigenvalue weighted by molar-refractivity contribution is 7.89. The van der Waals surface area contributed by atoms with Crippen molar-refractivity contribution in [3.8, 4) is 0 Å². The SMILES string of the molecule is C[C@@H]1CC(=O)N(c2ccc(S(=O)(=O)N3CCN(c4cc(C(F)(F)C5CCC(C(=O)NCC6CCC6)CC5)cc(Cl)n4)CC3)cc2)C1. The number of nitrogens with zero attached hydrogens (tertiary/aromatic N) is 4. The first kappa shape index (κ1) is 33.1. The standard InChI is InChI=1S/C33H42ClF2N5O4S/c1-22-17-31(42)41(21-22)27-9-11-28(12-10-27)46(44,45)40-15-13-39(14-16-40)30-19-26(18-29(34)38-30)33(35,36)25-7-5-24(6-8-25)32(43)37-20-23-3-2-4-23/h9-12,18-19,22-25H,2-8,13-17,20-21H2,1H3,(H,37,43)/t22-,24?,25?/m1/s1. The summed E-state index contributed by atoms with van der Waals surface area (Å²) in [4.78, 5) is 32.7. The molecule has 1 atom stereocenters. The Morgan fingerprint density at radius 2 is 1.70 bits per heavy atom. The van der Waals surface area contributed by atoms with Crippen LogP contribution in [0.4, 0.5) is 20.3 Å². The number of anilines is 2. The molecule has 0 radical (unpaired) electrons. The lowest BCUT2D eigenvalue weighted by Gasteiger charge is -2.36. The van der Waals surface area contributed by atoms with Crippen molar-refractivity contribution >= 4 is 44.9 Å². The molecule has 0 bridgehead atoms. The number of carbonyl (C=O) groups excluding carboxylic acids is 2. The number of pyridine rings is 1. The summed E-state index contributed by atoms with van der Waals surface area (Å²) >= 11 is 6.26. The van der Waals surface area contributed by atoms with Gasteiger partial charge in [0.15, 0.2) is 0 Å². The molecule has 2 saturated carbocycles. The maximum atomic E-state index is 15.9. The summed E-state index contributed by atoms with van der Waals surface area (Å²) in [5.74, 6) is -3.18. The van der Waals surface area contributed by atoms with Crippen LogP contribution in [-0.2, 0) is 25.5 Å². The summed E-state index contributed by atoms with van der Waals surface area (Å²) in [6.07, 6.45) is 5.31. The molecule has 1 N–H and O–H groups in total. The lowest BCUT2D eigenvalue weighted by atomic mass is 9.77. The maximum Gasteiger partial charge on any atom is 0.276 e. The van der Waals surface area contributed by atoms with Crippen LogP contribution in [0.3, 0.4) is 0 Å². The Morgan fingerprint density at radius 1 is 1.02 bits per heavy atom. The zero-order valence-corrected chi connectivity index (χ0v) is 27.7. The predicted octanol–water partition coefficient (Wildman–Crippen LogP) is 5.43. The van der Waals surface area contributed by atoms with Crippen LogP contribution in [0.15, 0.2) is 41.3 Å². The topological polar surface area (TPSA) is 103 Å². The zero-order valence-electron chi connectivity index (χ0n) is 26.1. The van der Waals surface area contributed by atoms with Gasteiger partial charge < -0.3 is 15.1 Å². The third-order valence-corrected chi connectivity index (χ3v) is 12.3. The third kappa shape index (κ3) is 6.89. The highest BCUT2D eigenvalue weighted by Crippen LogP contribution is 2.46. The van der Waals surface area contributed by atoms with E-state index in [2.05, 4.69) is 10.3 Å². The van der Waals surface area contributed by atoms with E-state index >= 15 is 8.78 Å². The molecule has 3 heterocycles. The van der Waals surface area contributed by atoms with E-state index in [1.54, 1.807) is 21.9 Å². The van der Waals surface area contributed by atoms with E-state index in [0.717, 1.165) is 12.8 Å². The Morgan fingerprint density at radius 3 is 2.28 bits per heavy atom. The average Bonchev–Trinajstić information content (AvgIpc) is 3.37. The van der Waals surface area contributed by atoms with E-state index in [1.165, 1.54) is 35.0 Å². The van der Waals surface area contributed by atoms with Crippen molar-refractivity contribution in [2.45, 2.75) is 69.1 Å². The van der Waals surface area contributed by atoms with Gasteiger partial charge in [0.1, 0.15) is 11.0 Å². The van der Waals surface area contributed by atoms with E-state index in [-0.39, 0.29) is 84.1 Å². The molecule has 0 unspecified atom stereocenters. The minimum absolute atomic E-state index is 0.0192. The Labute approximate surface area is 274 Å². The number of carbonyl (C=O) groups is 2. The number of hydrogen-bond donors (Lipinski definition) is 1. The summed E-state index contributed by atoms with van der Waals surface area (Å²) < 4.78 is 59.9. The van der Waals surface area contributed by atoms with E-state index < -0.39 is 21.9 Å². The van der Waals surface area contributed by atoms with Gasteiger partial charge in [-0.15, -0.1) is 0 Å². The summed E-state index contributed by atoms with van der Waals surface area (Å²) in [5.41, 5.74) is 0.469. The first-order valence-electron chi connectivity index (χ1n) is 16.4. The second kappa shape index (κ2) is 13.4. The number of halogens is 3. The van der Waals surface area contributed by atoms with Crippen LogP contribution < -0.4 is 15.1 Å². The van der Waals surface area contributed by atoms with Gasteiger partial charge in [-0.1, -0.05) is 24.9 Å². The van der Waals surface area contributed by atoms with Crippen LogP contribution in [0.2, 0.25) is 5.15 Å². The van der Waals surface area contributed by atoms with E-state index in [4.69, 9.17) is 11.6 Å². The lowest BCUT2D eigenvalue weighted by molar-refractivity contribution is -0.129. The van der Waals surface area contributed by atoms with Crippen molar-refractivity contribution in [2.75, 3.05) is 49.1 Å². The monoisotopic (exact) mass is 677 g/mol. The third-order valence-electron chi connectivity index (χ3n) is 10.2. The first-order valence-corrected chi connectivity index (χ1v) is 18.2. The van der Waals surface area contributed by atoms with Crippen LogP contribution in [-0.4, -0.2) is 68.8 Å². The number of aromatic nitrogens is 1. The van der Waals surface area contributed by atoms with E-state index in [9.17, 15) is 18.0 Å². The second-order valence-corrected chi connectivity index (χ2v) is 15.8. The van der Waals surface area contributed by atoms with Crippen molar-refractivity contribution in [1.29, 1.82) is 0 Å². The molecule has 1 aromatic heterocycles. The van der Waals surface area contributed by atoms with Gasteiger partial charge in [-0.25, -0.2) is 22.2 Å². The zero-order chi connectivity index (χ0) is 32.6. The molecule has 46 heavy (non-hydrogen) atoms. The van der Waals surface area contributed by atoms with Crippen molar-refractivity contribution in [3.05, 3.63) is 47.1 Å². The van der Waals surface area contributed by atoms with Gasteiger partial charge in [-0.3, -0.25) is 9.59 Å². The maximum absolute atomic E-state index is 15.9. The molecular formula is C33H42ClF2N5O4S. The molecule has 1 aromatic carbocycles. The fourth-order valence-corrected chi connectivity index (χ4v) is 8.74. The molecule has 0 spiro atoms. The average molecular weight is 678 g/mol. The molecule has 2 aromatic rings. The van der Waals surface area contributed by atoms with Gasteiger partial charge in [-0.05, 0) is 86.8 Å². The highest BCUT2D eigenvalue weighted by Gasteiger charge is 2.44. The van der Waals surface area contributed by atoms with Gasteiger partial charge in [0, 0.05) is 68.8 Å². The summed E-state index contributed by atoms with van der Waals surface area (Å²) in [6.45, 7) is 4.12. The first-order chi connectivity index (χ1) is 21.9. The number of piperazine rings is 1. The molecule has 13 heteroatoms. The lowest BCUT2D eigenvalue weighted by Crippen LogP contribution is -2.49. The molecule has 4 fully saturated rings. The molecule has 2 aliphatic carbocycles. The summed E-state index contributed by atoms with van der Waals surface area (Å²) in [7, 11) is -3.80. The molecule has 2 saturated heterocycles. The highest BCUT2D eigenvalue weighted by atomic mass is 35.5. The van der Waals surface area contributed by atoms with Crippen molar-refractivity contribution in [3.63, 3.8) is 0 Å². The van der Waals surface area contributed by atoms with Gasteiger partial charge in [0.2, 0.25) is 21.8 Å². The summed E-state index contributed by atoms with van der Waals surface area (Å²) in [6, 6.07) is 8.95. The number of alkyl halides is 2.